The lowest BCUT2D eigenvalue weighted by atomic mass is 9.68. The van der Waals surface area contributed by atoms with Crippen LogP contribution in [0.5, 0.6) is 0 Å². The Labute approximate surface area is 125 Å². The van der Waals surface area contributed by atoms with Crippen LogP contribution in [0.3, 0.4) is 0 Å². The number of hydrogen-bond acceptors (Lipinski definition) is 3. The summed E-state index contributed by atoms with van der Waals surface area (Å²) in [6.07, 6.45) is 5.95. The third kappa shape index (κ3) is 5.71. The zero-order chi connectivity index (χ0) is 15.1. The molecular weight excluding hydrogens is 250 g/mol. The first kappa shape index (κ1) is 17.9. The van der Waals surface area contributed by atoms with E-state index in [1.807, 2.05) is 0 Å². The summed E-state index contributed by atoms with van der Waals surface area (Å²) in [5.41, 5.74) is 0.492. The molecule has 1 N–H and O–H groups in total. The van der Waals surface area contributed by atoms with Crippen molar-refractivity contribution < 1.29 is 9.47 Å². The van der Waals surface area contributed by atoms with Gasteiger partial charge in [0.05, 0.1) is 5.60 Å². The Morgan fingerprint density at radius 2 is 1.80 bits per heavy atom. The fraction of sp³-hybridized carbons (Fsp3) is 1.00. The van der Waals surface area contributed by atoms with Gasteiger partial charge in [-0.15, -0.1) is 0 Å². The highest BCUT2D eigenvalue weighted by Crippen LogP contribution is 2.42. The van der Waals surface area contributed by atoms with Gasteiger partial charge in [0.2, 0.25) is 0 Å². The molecule has 20 heavy (non-hydrogen) atoms. The van der Waals surface area contributed by atoms with Gasteiger partial charge in [-0.3, -0.25) is 0 Å². The number of rotatable bonds is 8. The van der Waals surface area contributed by atoms with E-state index >= 15 is 0 Å². The number of likely N-dealkylation sites (N-methyl/N-ethyl adjacent to an activating group) is 1. The highest BCUT2D eigenvalue weighted by Gasteiger charge is 2.39. The molecule has 3 nitrogen and oxygen atoms in total. The molecule has 0 unspecified atom stereocenters. The van der Waals surface area contributed by atoms with Gasteiger partial charge in [0.15, 0.2) is 0 Å². The van der Waals surface area contributed by atoms with E-state index in [0.29, 0.717) is 5.41 Å². The molecule has 1 aliphatic carbocycles. The molecule has 1 rings (SSSR count). The molecule has 0 aromatic carbocycles. The van der Waals surface area contributed by atoms with Crippen molar-refractivity contribution in [3.05, 3.63) is 0 Å². The Morgan fingerprint density at radius 3 is 2.30 bits per heavy atom. The fourth-order valence-electron chi connectivity index (χ4n) is 3.23. The number of methoxy groups -OCH3 is 1. The molecule has 1 saturated carbocycles. The van der Waals surface area contributed by atoms with E-state index in [2.05, 4.69) is 33.0 Å². The van der Waals surface area contributed by atoms with Crippen molar-refractivity contribution in [3.8, 4) is 0 Å². The van der Waals surface area contributed by atoms with Crippen LogP contribution in [0.2, 0.25) is 0 Å². The smallest absolute Gasteiger partial charge is 0.0806 e. The molecule has 1 fully saturated rings. The van der Waals surface area contributed by atoms with Gasteiger partial charge in [-0.25, -0.2) is 0 Å². The molecule has 0 atom stereocenters. The quantitative estimate of drug-likeness (QED) is 0.691. The van der Waals surface area contributed by atoms with E-state index in [0.717, 1.165) is 38.6 Å². The monoisotopic (exact) mass is 285 g/mol. The van der Waals surface area contributed by atoms with Crippen molar-refractivity contribution in [1.29, 1.82) is 0 Å². The first-order valence-corrected chi connectivity index (χ1v) is 8.27. The Balaban J connectivity index is 2.49. The lowest BCUT2D eigenvalue weighted by Crippen LogP contribution is -2.47. The molecule has 0 heterocycles. The van der Waals surface area contributed by atoms with Crippen LogP contribution in [-0.4, -0.2) is 39.0 Å². The van der Waals surface area contributed by atoms with Crippen molar-refractivity contribution in [2.75, 3.05) is 33.4 Å². The highest BCUT2D eigenvalue weighted by molar-refractivity contribution is 4.92. The van der Waals surface area contributed by atoms with Crippen molar-refractivity contribution in [3.63, 3.8) is 0 Å². The van der Waals surface area contributed by atoms with Crippen LogP contribution < -0.4 is 5.32 Å². The summed E-state index contributed by atoms with van der Waals surface area (Å²) in [5, 5.41) is 3.50. The fourth-order valence-corrected chi connectivity index (χ4v) is 3.23. The minimum absolute atomic E-state index is 0.0610. The third-order valence-electron chi connectivity index (χ3n) is 4.72. The van der Waals surface area contributed by atoms with Crippen molar-refractivity contribution in [2.45, 2.75) is 65.4 Å². The number of ether oxygens (including phenoxy) is 2. The molecule has 0 aromatic rings. The molecule has 0 bridgehead atoms. The van der Waals surface area contributed by atoms with Gasteiger partial charge in [-0.05, 0) is 50.0 Å². The van der Waals surface area contributed by atoms with E-state index in [1.165, 1.54) is 25.7 Å². The second-order valence-electron chi connectivity index (χ2n) is 7.30. The van der Waals surface area contributed by atoms with Crippen LogP contribution in [0.4, 0.5) is 0 Å². The third-order valence-corrected chi connectivity index (χ3v) is 4.72. The first-order chi connectivity index (χ1) is 9.43. The minimum Gasteiger partial charge on any atom is -0.385 e. The van der Waals surface area contributed by atoms with Gasteiger partial charge in [0.25, 0.3) is 0 Å². The number of nitrogens with one attached hydrogen (secondary N) is 1. The maximum Gasteiger partial charge on any atom is 0.0806 e. The lowest BCUT2D eigenvalue weighted by molar-refractivity contribution is -0.0876. The van der Waals surface area contributed by atoms with Crippen LogP contribution in [0, 0.1) is 11.3 Å². The Kier molecular flexibility index (Phi) is 7.49. The summed E-state index contributed by atoms with van der Waals surface area (Å²) in [6.45, 7) is 12.9. The molecule has 0 amide bonds. The molecular formula is C17H35NO2. The average molecular weight is 285 g/mol. The Morgan fingerprint density at radius 1 is 1.15 bits per heavy atom. The molecule has 3 heteroatoms. The van der Waals surface area contributed by atoms with E-state index in [9.17, 15) is 0 Å². The van der Waals surface area contributed by atoms with Crippen molar-refractivity contribution >= 4 is 0 Å². The zero-order valence-corrected chi connectivity index (χ0v) is 14.3. The van der Waals surface area contributed by atoms with Crippen LogP contribution in [0.1, 0.15) is 59.8 Å². The van der Waals surface area contributed by atoms with Gasteiger partial charge >= 0.3 is 0 Å². The van der Waals surface area contributed by atoms with Crippen molar-refractivity contribution in [2.24, 2.45) is 11.3 Å². The molecule has 120 valence electrons. The summed E-state index contributed by atoms with van der Waals surface area (Å²) in [4.78, 5) is 0. The van der Waals surface area contributed by atoms with Crippen LogP contribution >= 0.6 is 0 Å². The summed E-state index contributed by atoms with van der Waals surface area (Å²) >= 11 is 0. The maximum absolute atomic E-state index is 6.29. The normalized spacial score (nSPS) is 27.8. The summed E-state index contributed by atoms with van der Waals surface area (Å²) in [7, 11) is 1.75. The first-order valence-electron chi connectivity index (χ1n) is 8.27. The highest BCUT2D eigenvalue weighted by atomic mass is 16.5. The predicted octanol–water partition coefficient (Wildman–Crippen LogP) is 3.62. The lowest BCUT2D eigenvalue weighted by Gasteiger charge is -2.44. The predicted molar refractivity (Wildman–Crippen MR) is 85.1 cm³/mol. The molecule has 0 radical (unpaired) electrons. The summed E-state index contributed by atoms with van der Waals surface area (Å²) in [5.74, 6) is 0.833. The van der Waals surface area contributed by atoms with Crippen LogP contribution in [0.25, 0.3) is 0 Å². The maximum atomic E-state index is 6.29. The van der Waals surface area contributed by atoms with Gasteiger partial charge in [0, 0.05) is 26.9 Å². The largest absolute Gasteiger partial charge is 0.385 e. The van der Waals surface area contributed by atoms with E-state index in [-0.39, 0.29) is 5.60 Å². The topological polar surface area (TPSA) is 30.5 Å². The molecule has 0 aliphatic heterocycles. The van der Waals surface area contributed by atoms with E-state index in [1.54, 1.807) is 7.11 Å². The van der Waals surface area contributed by atoms with Crippen LogP contribution in [-0.2, 0) is 9.47 Å². The molecule has 0 aromatic heterocycles. The second-order valence-corrected chi connectivity index (χ2v) is 7.30. The Hall–Kier alpha value is -0.120. The number of hydrogen-bond donors (Lipinski definition) is 1. The summed E-state index contributed by atoms with van der Waals surface area (Å²) in [6, 6.07) is 0. The Bertz CT molecular complexity index is 252. The van der Waals surface area contributed by atoms with Gasteiger partial charge in [-0.2, -0.15) is 0 Å². The second kappa shape index (κ2) is 8.35. The molecule has 0 saturated heterocycles. The SMILES string of the molecule is CCNCC1(OCCCOC)CCC(C(C)(C)C)CC1. The van der Waals surface area contributed by atoms with Gasteiger partial charge in [-0.1, -0.05) is 27.7 Å². The zero-order valence-electron chi connectivity index (χ0n) is 14.3. The van der Waals surface area contributed by atoms with E-state index in [4.69, 9.17) is 9.47 Å². The van der Waals surface area contributed by atoms with Crippen molar-refractivity contribution in [1.82, 2.24) is 5.32 Å². The standard InChI is InChI=1S/C17H35NO2/c1-6-18-14-17(20-13-7-12-19-5)10-8-15(9-11-17)16(2,3)4/h15,18H,6-14H2,1-5H3. The summed E-state index contributed by atoms with van der Waals surface area (Å²) < 4.78 is 11.4. The van der Waals surface area contributed by atoms with Crippen LogP contribution in [0.15, 0.2) is 0 Å². The van der Waals surface area contributed by atoms with Gasteiger partial charge < -0.3 is 14.8 Å². The average Bonchev–Trinajstić information content (AvgIpc) is 2.41. The molecule has 1 aliphatic rings. The van der Waals surface area contributed by atoms with Gasteiger partial charge in [0.1, 0.15) is 0 Å². The molecule has 0 spiro atoms. The minimum atomic E-state index is 0.0610. The van der Waals surface area contributed by atoms with E-state index < -0.39 is 0 Å².